The molecule has 0 atom stereocenters. The molecule has 0 heterocycles. The first-order valence-corrected chi connectivity index (χ1v) is 3.43. The Labute approximate surface area is 72.9 Å². The van der Waals surface area contributed by atoms with Crippen LogP contribution in [0.3, 0.4) is 0 Å². The summed E-state index contributed by atoms with van der Waals surface area (Å²) in [6.45, 7) is 0. The molecule has 1 aromatic carbocycles. The van der Waals surface area contributed by atoms with Crippen molar-refractivity contribution in [3.63, 3.8) is 0 Å². The maximum absolute atomic E-state index is 12.7. The molecule has 4 nitrogen and oxygen atoms in total. The highest BCUT2D eigenvalue weighted by atomic mass is 19.1. The molecule has 0 spiro atoms. The van der Waals surface area contributed by atoms with E-state index in [1.165, 1.54) is 0 Å². The summed E-state index contributed by atoms with van der Waals surface area (Å²) in [6, 6.07) is 1.72. The molecule has 0 aliphatic rings. The van der Waals surface area contributed by atoms with Crippen LogP contribution in [0.15, 0.2) is 12.1 Å². The van der Waals surface area contributed by atoms with Crippen molar-refractivity contribution in [1.29, 1.82) is 0 Å². The van der Waals surface area contributed by atoms with Gasteiger partial charge in [-0.25, -0.2) is 4.39 Å². The Morgan fingerprint density at radius 2 is 2.00 bits per heavy atom. The van der Waals surface area contributed by atoms with Crippen LogP contribution in [-0.2, 0) is 11.2 Å². The fourth-order valence-corrected chi connectivity index (χ4v) is 0.938. The Balaban J connectivity index is 3.12. The zero-order valence-electron chi connectivity index (χ0n) is 6.49. The highest BCUT2D eigenvalue weighted by Crippen LogP contribution is 2.26. The number of aromatic hydroxyl groups is 2. The van der Waals surface area contributed by atoms with Gasteiger partial charge in [0, 0.05) is 11.6 Å². The van der Waals surface area contributed by atoms with Gasteiger partial charge >= 0.3 is 5.97 Å². The van der Waals surface area contributed by atoms with Crippen LogP contribution < -0.4 is 0 Å². The van der Waals surface area contributed by atoms with Gasteiger partial charge in [-0.2, -0.15) is 0 Å². The van der Waals surface area contributed by atoms with Crippen molar-refractivity contribution in [3.8, 4) is 11.5 Å². The van der Waals surface area contributed by atoms with Gasteiger partial charge in [-0.3, -0.25) is 4.79 Å². The van der Waals surface area contributed by atoms with Crippen LogP contribution in [0, 0.1) is 5.82 Å². The minimum atomic E-state index is -1.21. The van der Waals surface area contributed by atoms with Crippen molar-refractivity contribution in [2.24, 2.45) is 0 Å². The first-order chi connectivity index (χ1) is 6.00. The van der Waals surface area contributed by atoms with Gasteiger partial charge in [0.15, 0.2) is 11.6 Å². The summed E-state index contributed by atoms with van der Waals surface area (Å²) in [6.07, 6.45) is -0.531. The SMILES string of the molecule is O=C(O)Cc1cc(O)cc(F)c1O. The van der Waals surface area contributed by atoms with Gasteiger partial charge in [0.05, 0.1) is 6.42 Å². The summed E-state index contributed by atoms with van der Waals surface area (Å²) in [7, 11) is 0. The number of halogens is 1. The van der Waals surface area contributed by atoms with Crippen molar-refractivity contribution >= 4 is 5.97 Å². The molecule has 0 radical (unpaired) electrons. The normalized spacial score (nSPS) is 9.92. The third kappa shape index (κ3) is 2.08. The van der Waals surface area contributed by atoms with Gasteiger partial charge in [-0.05, 0) is 6.07 Å². The molecule has 0 aromatic heterocycles. The average molecular weight is 186 g/mol. The van der Waals surface area contributed by atoms with E-state index in [1.54, 1.807) is 0 Å². The molecule has 0 aliphatic heterocycles. The highest BCUT2D eigenvalue weighted by molar-refractivity contribution is 5.71. The minimum Gasteiger partial charge on any atom is -0.508 e. The van der Waals surface area contributed by atoms with E-state index in [1.807, 2.05) is 0 Å². The molecule has 1 rings (SSSR count). The number of hydrogen-bond acceptors (Lipinski definition) is 3. The van der Waals surface area contributed by atoms with Gasteiger partial charge in [-0.1, -0.05) is 0 Å². The largest absolute Gasteiger partial charge is 0.508 e. The van der Waals surface area contributed by atoms with E-state index in [0.717, 1.165) is 6.07 Å². The van der Waals surface area contributed by atoms with E-state index in [2.05, 4.69) is 0 Å². The predicted molar refractivity (Wildman–Crippen MR) is 41.1 cm³/mol. The Morgan fingerprint density at radius 3 is 2.54 bits per heavy atom. The lowest BCUT2D eigenvalue weighted by molar-refractivity contribution is -0.136. The lowest BCUT2D eigenvalue weighted by Gasteiger charge is -2.03. The predicted octanol–water partition coefficient (Wildman–Crippen LogP) is 0.864. The Hall–Kier alpha value is -1.78. The average Bonchev–Trinajstić information content (AvgIpc) is 1.98. The van der Waals surface area contributed by atoms with Gasteiger partial charge in [0.1, 0.15) is 5.75 Å². The van der Waals surface area contributed by atoms with E-state index < -0.39 is 29.7 Å². The highest BCUT2D eigenvalue weighted by Gasteiger charge is 2.12. The van der Waals surface area contributed by atoms with Crippen LogP contribution in [0.5, 0.6) is 11.5 Å². The smallest absolute Gasteiger partial charge is 0.307 e. The van der Waals surface area contributed by atoms with Crippen LogP contribution in [0.25, 0.3) is 0 Å². The second kappa shape index (κ2) is 3.30. The fraction of sp³-hybridized carbons (Fsp3) is 0.125. The van der Waals surface area contributed by atoms with E-state index >= 15 is 0 Å². The number of phenolic OH excluding ortho intramolecular Hbond substituents is 2. The van der Waals surface area contributed by atoms with Gasteiger partial charge in [0.2, 0.25) is 0 Å². The number of phenols is 2. The van der Waals surface area contributed by atoms with Crippen molar-refractivity contribution in [1.82, 2.24) is 0 Å². The lowest BCUT2D eigenvalue weighted by atomic mass is 10.1. The lowest BCUT2D eigenvalue weighted by Crippen LogP contribution is -2.00. The van der Waals surface area contributed by atoms with E-state index in [9.17, 15) is 9.18 Å². The third-order valence-corrected chi connectivity index (χ3v) is 1.47. The number of carboxylic acid groups (broad SMARTS) is 1. The maximum atomic E-state index is 12.7. The second-order valence-electron chi connectivity index (χ2n) is 2.51. The van der Waals surface area contributed by atoms with E-state index in [4.69, 9.17) is 15.3 Å². The number of hydrogen-bond donors (Lipinski definition) is 3. The maximum Gasteiger partial charge on any atom is 0.307 e. The quantitative estimate of drug-likeness (QED) is 0.598. The monoisotopic (exact) mass is 186 g/mol. The Kier molecular flexibility index (Phi) is 2.36. The molecule has 70 valence electrons. The van der Waals surface area contributed by atoms with Crippen molar-refractivity contribution < 1.29 is 24.5 Å². The molecule has 0 saturated carbocycles. The molecule has 0 saturated heterocycles. The summed E-state index contributed by atoms with van der Waals surface area (Å²) in [4.78, 5) is 10.2. The molecular weight excluding hydrogens is 179 g/mol. The van der Waals surface area contributed by atoms with Crippen LogP contribution in [-0.4, -0.2) is 21.3 Å². The van der Waals surface area contributed by atoms with Crippen LogP contribution in [0.1, 0.15) is 5.56 Å². The van der Waals surface area contributed by atoms with Crippen LogP contribution in [0.4, 0.5) is 4.39 Å². The van der Waals surface area contributed by atoms with E-state index in [0.29, 0.717) is 6.07 Å². The fourth-order valence-electron chi connectivity index (χ4n) is 0.938. The molecule has 0 amide bonds. The minimum absolute atomic E-state index is 0.148. The standard InChI is InChI=1S/C8H7FO4/c9-6-3-5(10)1-4(8(6)13)2-7(11)12/h1,3,10,13H,2H2,(H,11,12). The van der Waals surface area contributed by atoms with Crippen molar-refractivity contribution in [2.45, 2.75) is 6.42 Å². The van der Waals surface area contributed by atoms with Crippen molar-refractivity contribution in [3.05, 3.63) is 23.5 Å². The van der Waals surface area contributed by atoms with Crippen molar-refractivity contribution in [2.75, 3.05) is 0 Å². The van der Waals surface area contributed by atoms with Gasteiger partial charge < -0.3 is 15.3 Å². The Morgan fingerprint density at radius 1 is 1.38 bits per heavy atom. The molecule has 0 aliphatic carbocycles. The second-order valence-corrected chi connectivity index (χ2v) is 2.51. The van der Waals surface area contributed by atoms with Gasteiger partial charge in [0.25, 0.3) is 0 Å². The number of aliphatic carboxylic acids is 1. The molecule has 0 bridgehead atoms. The first kappa shape index (κ1) is 9.31. The first-order valence-electron chi connectivity index (χ1n) is 3.43. The number of rotatable bonds is 2. The molecule has 13 heavy (non-hydrogen) atoms. The molecule has 0 unspecified atom stereocenters. The number of carboxylic acids is 1. The summed E-state index contributed by atoms with van der Waals surface area (Å²) in [5.74, 6) is -3.39. The molecule has 3 N–H and O–H groups in total. The summed E-state index contributed by atoms with van der Waals surface area (Å²) in [5, 5.41) is 26.3. The zero-order valence-corrected chi connectivity index (χ0v) is 6.49. The van der Waals surface area contributed by atoms with Crippen LogP contribution in [0.2, 0.25) is 0 Å². The topological polar surface area (TPSA) is 77.8 Å². The number of carbonyl (C=O) groups is 1. The molecule has 0 fully saturated rings. The zero-order chi connectivity index (χ0) is 10.0. The summed E-state index contributed by atoms with van der Waals surface area (Å²) < 4.78 is 12.7. The molecule has 1 aromatic rings. The summed E-state index contributed by atoms with van der Waals surface area (Å²) >= 11 is 0. The van der Waals surface area contributed by atoms with Crippen LogP contribution >= 0.6 is 0 Å². The summed E-state index contributed by atoms with van der Waals surface area (Å²) in [5.41, 5.74) is -0.148. The van der Waals surface area contributed by atoms with Gasteiger partial charge in [-0.15, -0.1) is 0 Å². The number of benzene rings is 1. The molecular formula is C8H7FO4. The Bertz CT molecular complexity index is 348. The molecule has 5 heteroatoms. The van der Waals surface area contributed by atoms with E-state index in [-0.39, 0.29) is 5.56 Å². The third-order valence-electron chi connectivity index (χ3n) is 1.47.